The van der Waals surface area contributed by atoms with Crippen molar-refractivity contribution in [3.05, 3.63) is 30.6 Å². The summed E-state index contributed by atoms with van der Waals surface area (Å²) in [5.41, 5.74) is 1.15. The Hall–Kier alpha value is -2.21. The first kappa shape index (κ1) is 23.8. The minimum Gasteiger partial charge on any atom is -0.493 e. The maximum atomic E-state index is 6.17. The van der Waals surface area contributed by atoms with Gasteiger partial charge in [-0.25, -0.2) is 0 Å². The summed E-state index contributed by atoms with van der Waals surface area (Å²) in [6.07, 6.45) is 8.97. The number of hydrogen-bond acceptors (Lipinski definition) is 6. The number of ether oxygens (including phenoxy) is 2. The highest BCUT2D eigenvalue weighted by Crippen LogP contribution is 2.33. The number of nitrogens with one attached hydrogen (secondary N) is 2. The minimum absolute atomic E-state index is 0.178. The fourth-order valence-corrected chi connectivity index (χ4v) is 2.80. The molecule has 1 aromatic rings. The second kappa shape index (κ2) is 14.8. The van der Waals surface area contributed by atoms with E-state index in [9.17, 15) is 0 Å². The highest BCUT2D eigenvalue weighted by atomic mass is 16.5. The third-order valence-electron chi connectivity index (χ3n) is 4.41. The maximum absolute atomic E-state index is 6.17. The van der Waals surface area contributed by atoms with Crippen LogP contribution >= 0.6 is 0 Å². The van der Waals surface area contributed by atoms with Crippen molar-refractivity contribution in [3.63, 3.8) is 0 Å². The molecule has 6 nitrogen and oxygen atoms in total. The van der Waals surface area contributed by atoms with Gasteiger partial charge < -0.3 is 25.0 Å². The Balaban J connectivity index is 2.63. The molecule has 0 aromatic heterocycles. The number of hydrogen-bond donors (Lipinski definition) is 2. The predicted octanol–water partition coefficient (Wildman–Crippen LogP) is 3.83. The number of methoxy groups -OCH3 is 1. The van der Waals surface area contributed by atoms with Gasteiger partial charge in [0.15, 0.2) is 11.5 Å². The molecule has 2 N–H and O–H groups in total. The van der Waals surface area contributed by atoms with Crippen molar-refractivity contribution in [1.82, 2.24) is 10.6 Å². The molecule has 0 bridgehead atoms. The van der Waals surface area contributed by atoms with E-state index in [0.717, 1.165) is 49.8 Å². The van der Waals surface area contributed by atoms with Crippen molar-refractivity contribution in [2.45, 2.75) is 46.1 Å². The van der Waals surface area contributed by atoms with Gasteiger partial charge in [0.1, 0.15) is 0 Å². The fourth-order valence-electron chi connectivity index (χ4n) is 2.80. The van der Waals surface area contributed by atoms with Gasteiger partial charge in [-0.2, -0.15) is 0 Å². The van der Waals surface area contributed by atoms with E-state index < -0.39 is 0 Å². The van der Waals surface area contributed by atoms with Gasteiger partial charge in [-0.1, -0.05) is 19.8 Å². The normalized spacial score (nSPS) is 12.5. The second-order valence-electron chi connectivity index (χ2n) is 6.63. The number of benzene rings is 1. The molecule has 1 aromatic carbocycles. The Morgan fingerprint density at radius 1 is 1.25 bits per heavy atom. The Morgan fingerprint density at radius 3 is 2.75 bits per heavy atom. The monoisotopic (exact) mass is 390 g/mol. The van der Waals surface area contributed by atoms with Crippen molar-refractivity contribution >= 4 is 11.9 Å². The quantitative estimate of drug-likeness (QED) is 0.352. The van der Waals surface area contributed by atoms with E-state index in [4.69, 9.17) is 9.47 Å². The van der Waals surface area contributed by atoms with Crippen LogP contribution in [0, 0.1) is 0 Å². The smallest absolute Gasteiger partial charge is 0.163 e. The van der Waals surface area contributed by atoms with Crippen LogP contribution in [0.1, 0.15) is 40.0 Å². The lowest BCUT2D eigenvalue weighted by Crippen LogP contribution is -2.32. The highest BCUT2D eigenvalue weighted by molar-refractivity contribution is 5.60. The van der Waals surface area contributed by atoms with Crippen molar-refractivity contribution < 1.29 is 9.47 Å². The van der Waals surface area contributed by atoms with Crippen molar-refractivity contribution in [1.29, 1.82) is 0 Å². The first-order valence-corrected chi connectivity index (χ1v) is 10.3. The maximum Gasteiger partial charge on any atom is 0.163 e. The van der Waals surface area contributed by atoms with E-state index in [1.165, 1.54) is 12.8 Å². The zero-order chi connectivity index (χ0) is 20.6. The number of anilines is 1. The SMILES string of the molecule is CCCCC(C)Oc1cc(N(CC)CCNCC=N/C=C\NC)ccc1OC. The summed E-state index contributed by atoms with van der Waals surface area (Å²) >= 11 is 0. The van der Waals surface area contributed by atoms with Gasteiger partial charge in [-0.3, -0.25) is 4.99 Å². The van der Waals surface area contributed by atoms with Crippen LogP contribution in [0.15, 0.2) is 35.6 Å². The molecule has 0 saturated carbocycles. The largest absolute Gasteiger partial charge is 0.493 e. The summed E-state index contributed by atoms with van der Waals surface area (Å²) in [5, 5.41) is 6.29. The van der Waals surface area contributed by atoms with E-state index >= 15 is 0 Å². The van der Waals surface area contributed by atoms with Gasteiger partial charge >= 0.3 is 0 Å². The van der Waals surface area contributed by atoms with Crippen molar-refractivity contribution in [2.24, 2.45) is 4.99 Å². The summed E-state index contributed by atoms with van der Waals surface area (Å²) in [7, 11) is 3.54. The number of aliphatic imine (C=N–C) groups is 1. The molecule has 1 rings (SSSR count). The van der Waals surface area contributed by atoms with Gasteiger partial charge in [-0.05, 0) is 32.4 Å². The average Bonchev–Trinajstić information content (AvgIpc) is 2.71. The van der Waals surface area contributed by atoms with Crippen LogP contribution < -0.4 is 25.0 Å². The lowest BCUT2D eigenvalue weighted by Gasteiger charge is -2.25. The molecule has 0 aliphatic heterocycles. The summed E-state index contributed by atoms with van der Waals surface area (Å²) in [6.45, 7) is 9.95. The molecule has 0 aliphatic carbocycles. The van der Waals surface area contributed by atoms with Gasteiger partial charge in [0.05, 0.1) is 13.2 Å². The lowest BCUT2D eigenvalue weighted by atomic mass is 10.2. The van der Waals surface area contributed by atoms with E-state index in [-0.39, 0.29) is 6.10 Å². The number of likely N-dealkylation sites (N-methyl/N-ethyl adjacent to an activating group) is 1. The summed E-state index contributed by atoms with van der Waals surface area (Å²) in [5.74, 6) is 1.60. The van der Waals surface area contributed by atoms with Gasteiger partial charge in [0, 0.05) is 63.6 Å². The number of unbranched alkanes of at least 4 members (excludes halogenated alkanes) is 1. The summed E-state index contributed by atoms with van der Waals surface area (Å²) in [4.78, 5) is 6.49. The molecule has 6 heteroatoms. The highest BCUT2D eigenvalue weighted by Gasteiger charge is 2.12. The third kappa shape index (κ3) is 9.13. The van der Waals surface area contributed by atoms with Crippen LogP contribution in [0.4, 0.5) is 5.69 Å². The molecule has 0 spiro atoms. The molecule has 28 heavy (non-hydrogen) atoms. The fraction of sp³-hybridized carbons (Fsp3) is 0.591. The van der Waals surface area contributed by atoms with Crippen LogP contribution in [0.25, 0.3) is 0 Å². The van der Waals surface area contributed by atoms with Crippen LogP contribution in [0.2, 0.25) is 0 Å². The Labute approximate surface area is 171 Å². The average molecular weight is 391 g/mol. The molecule has 0 aliphatic rings. The van der Waals surface area contributed by atoms with Crippen LogP contribution in [0.3, 0.4) is 0 Å². The molecule has 0 radical (unpaired) electrons. The van der Waals surface area contributed by atoms with E-state index in [1.807, 2.05) is 19.3 Å². The molecule has 0 saturated heterocycles. The second-order valence-corrected chi connectivity index (χ2v) is 6.63. The van der Waals surface area contributed by atoms with Gasteiger partial charge in [0.2, 0.25) is 0 Å². The van der Waals surface area contributed by atoms with Gasteiger partial charge in [0.25, 0.3) is 0 Å². The lowest BCUT2D eigenvalue weighted by molar-refractivity contribution is 0.198. The third-order valence-corrected chi connectivity index (χ3v) is 4.41. The molecular weight excluding hydrogens is 352 g/mol. The first-order valence-electron chi connectivity index (χ1n) is 10.3. The molecule has 0 heterocycles. The molecule has 1 unspecified atom stereocenters. The molecule has 0 amide bonds. The van der Waals surface area contributed by atoms with Crippen molar-refractivity contribution in [3.8, 4) is 11.5 Å². The topological polar surface area (TPSA) is 58.1 Å². The number of rotatable bonds is 15. The minimum atomic E-state index is 0.178. The Morgan fingerprint density at radius 2 is 2.07 bits per heavy atom. The molecule has 158 valence electrons. The van der Waals surface area contributed by atoms with E-state index in [2.05, 4.69) is 53.4 Å². The molecular formula is C22H38N4O2. The molecule has 0 fully saturated rings. The summed E-state index contributed by atoms with van der Waals surface area (Å²) < 4.78 is 11.7. The van der Waals surface area contributed by atoms with Gasteiger partial charge in [-0.15, -0.1) is 0 Å². The van der Waals surface area contributed by atoms with Crippen molar-refractivity contribution in [2.75, 3.05) is 45.2 Å². The standard InChI is InChI=1S/C22H38N4O2/c1-6-8-9-19(3)28-22-18-20(10-11-21(22)27-5)26(7-2)17-16-25-15-14-24-13-12-23-4/h10-14,18-19,23,25H,6-9,15-17H2,1-5H3/b13-12-,24-14?. The Kier molecular flexibility index (Phi) is 12.6. The van der Waals surface area contributed by atoms with Crippen LogP contribution in [0.5, 0.6) is 11.5 Å². The zero-order valence-corrected chi connectivity index (χ0v) is 18.2. The zero-order valence-electron chi connectivity index (χ0n) is 18.2. The molecule has 1 atom stereocenters. The van der Waals surface area contributed by atoms with E-state index in [0.29, 0.717) is 0 Å². The first-order chi connectivity index (χ1) is 13.7. The summed E-state index contributed by atoms with van der Waals surface area (Å²) in [6, 6.07) is 6.18. The van der Waals surface area contributed by atoms with Crippen LogP contribution in [-0.4, -0.2) is 52.7 Å². The Bertz CT molecular complexity index is 590. The number of nitrogens with zero attached hydrogens (tertiary/aromatic N) is 2. The predicted molar refractivity (Wildman–Crippen MR) is 120 cm³/mol. The van der Waals surface area contributed by atoms with Crippen LogP contribution in [-0.2, 0) is 0 Å². The van der Waals surface area contributed by atoms with E-state index in [1.54, 1.807) is 19.5 Å².